The molecule has 2 heterocycles. The van der Waals surface area contributed by atoms with Crippen molar-refractivity contribution in [3.63, 3.8) is 0 Å². The van der Waals surface area contributed by atoms with Gasteiger partial charge in [0.2, 0.25) is 5.95 Å². The largest absolute Gasteiger partial charge is 0.391 e. The monoisotopic (exact) mass is 267 g/mol. The Morgan fingerprint density at radius 3 is 2.63 bits per heavy atom. The molecule has 2 aromatic rings. The number of rotatable bonds is 3. The fourth-order valence-corrected chi connectivity index (χ4v) is 1.53. The van der Waals surface area contributed by atoms with Gasteiger partial charge in [-0.15, -0.1) is 0 Å². The van der Waals surface area contributed by atoms with Crippen LogP contribution in [-0.2, 0) is 0 Å². The molecule has 0 aliphatic rings. The van der Waals surface area contributed by atoms with Crippen LogP contribution in [0.15, 0.2) is 11.0 Å². The molecule has 0 saturated heterocycles. The number of aromatic nitrogens is 4. The number of anilines is 1. The first-order valence-corrected chi connectivity index (χ1v) is 5.46. The van der Waals surface area contributed by atoms with Crippen LogP contribution in [0.4, 0.5) is 5.95 Å². The second kappa shape index (κ2) is 4.88. The Morgan fingerprint density at radius 1 is 1.32 bits per heavy atom. The summed E-state index contributed by atoms with van der Waals surface area (Å²) in [6.07, 6.45) is -2.90. The molecule has 0 fully saturated rings. The number of aliphatic hydroxyl groups is 3. The van der Waals surface area contributed by atoms with Crippen molar-refractivity contribution in [3.05, 3.63) is 22.2 Å². The predicted octanol–water partition coefficient (Wildman–Crippen LogP) is -1.93. The lowest BCUT2D eigenvalue weighted by Crippen LogP contribution is -2.30. The standard InChI is InChI=1S/C10H13N5O4/c1-3(16)6(17)7(18)4-2-12-8-5(13-4)9(19)15-10(11)14-8/h2-3,6-7,16-18H,1H3,(H3,11,12,14,15,19)/t3-,6+,7-/m0/s1. The lowest BCUT2D eigenvalue weighted by Gasteiger charge is -2.19. The van der Waals surface area contributed by atoms with Gasteiger partial charge in [-0.3, -0.25) is 9.78 Å². The molecule has 2 rings (SSSR count). The normalized spacial score (nSPS) is 16.2. The van der Waals surface area contributed by atoms with E-state index in [2.05, 4.69) is 19.9 Å². The van der Waals surface area contributed by atoms with E-state index in [1.54, 1.807) is 0 Å². The van der Waals surface area contributed by atoms with Crippen molar-refractivity contribution in [2.24, 2.45) is 0 Å². The highest BCUT2D eigenvalue weighted by Crippen LogP contribution is 2.17. The Bertz CT molecular complexity index is 656. The lowest BCUT2D eigenvalue weighted by atomic mass is 10.1. The van der Waals surface area contributed by atoms with E-state index in [9.17, 15) is 20.1 Å². The van der Waals surface area contributed by atoms with Crippen LogP contribution in [0.2, 0.25) is 0 Å². The van der Waals surface area contributed by atoms with Crippen molar-refractivity contribution in [1.82, 2.24) is 19.9 Å². The van der Waals surface area contributed by atoms with Gasteiger partial charge in [-0.1, -0.05) is 0 Å². The molecule has 0 saturated carbocycles. The maximum Gasteiger partial charge on any atom is 0.280 e. The highest BCUT2D eigenvalue weighted by molar-refractivity contribution is 5.69. The summed E-state index contributed by atoms with van der Waals surface area (Å²) >= 11 is 0. The Kier molecular flexibility index (Phi) is 3.42. The Balaban J connectivity index is 2.50. The minimum Gasteiger partial charge on any atom is -0.391 e. The summed E-state index contributed by atoms with van der Waals surface area (Å²) in [5.41, 5.74) is 4.63. The third-order valence-electron chi connectivity index (χ3n) is 2.58. The second-order valence-corrected chi connectivity index (χ2v) is 4.09. The molecule has 0 amide bonds. The van der Waals surface area contributed by atoms with Gasteiger partial charge in [0.05, 0.1) is 18.0 Å². The smallest absolute Gasteiger partial charge is 0.280 e. The van der Waals surface area contributed by atoms with E-state index in [0.717, 1.165) is 6.20 Å². The molecule has 0 aliphatic heterocycles. The first kappa shape index (κ1) is 13.3. The van der Waals surface area contributed by atoms with Crippen LogP contribution >= 0.6 is 0 Å². The maximum atomic E-state index is 11.6. The molecule has 0 spiro atoms. The molecule has 9 heteroatoms. The molecular formula is C10H13N5O4. The van der Waals surface area contributed by atoms with Gasteiger partial charge in [-0.2, -0.15) is 4.98 Å². The maximum absolute atomic E-state index is 11.6. The third kappa shape index (κ3) is 2.52. The first-order valence-electron chi connectivity index (χ1n) is 5.46. The summed E-state index contributed by atoms with van der Waals surface area (Å²) in [5.74, 6) is -0.0934. The minimum absolute atomic E-state index is 0.0312. The molecule has 102 valence electrons. The van der Waals surface area contributed by atoms with Crippen LogP contribution < -0.4 is 11.3 Å². The minimum atomic E-state index is -1.46. The summed E-state index contributed by atoms with van der Waals surface area (Å²) in [7, 11) is 0. The molecule has 0 unspecified atom stereocenters. The summed E-state index contributed by atoms with van der Waals surface area (Å²) in [6, 6.07) is 0. The van der Waals surface area contributed by atoms with Gasteiger partial charge < -0.3 is 21.1 Å². The van der Waals surface area contributed by atoms with Crippen molar-refractivity contribution in [1.29, 1.82) is 0 Å². The van der Waals surface area contributed by atoms with Gasteiger partial charge in [0, 0.05) is 0 Å². The van der Waals surface area contributed by atoms with E-state index >= 15 is 0 Å². The van der Waals surface area contributed by atoms with Crippen LogP contribution in [0.5, 0.6) is 0 Å². The van der Waals surface area contributed by atoms with E-state index in [4.69, 9.17) is 5.73 Å². The third-order valence-corrected chi connectivity index (χ3v) is 2.58. The van der Waals surface area contributed by atoms with E-state index < -0.39 is 23.9 Å². The summed E-state index contributed by atoms with van der Waals surface area (Å²) < 4.78 is 0. The van der Waals surface area contributed by atoms with Crippen LogP contribution in [0.3, 0.4) is 0 Å². The van der Waals surface area contributed by atoms with Gasteiger partial charge >= 0.3 is 0 Å². The summed E-state index contributed by atoms with van der Waals surface area (Å²) in [6.45, 7) is 1.32. The lowest BCUT2D eigenvalue weighted by molar-refractivity contribution is -0.0548. The zero-order chi connectivity index (χ0) is 14.2. The Morgan fingerprint density at radius 2 is 2.00 bits per heavy atom. The zero-order valence-corrected chi connectivity index (χ0v) is 9.98. The fourth-order valence-electron chi connectivity index (χ4n) is 1.53. The zero-order valence-electron chi connectivity index (χ0n) is 9.98. The number of nitrogen functional groups attached to an aromatic ring is 1. The molecule has 0 radical (unpaired) electrons. The number of H-pyrrole nitrogens is 1. The number of hydrogen-bond acceptors (Lipinski definition) is 8. The van der Waals surface area contributed by atoms with Gasteiger partial charge in [0.25, 0.3) is 5.56 Å². The van der Waals surface area contributed by atoms with Crippen molar-refractivity contribution in [2.75, 3.05) is 5.73 Å². The number of nitrogens with one attached hydrogen (secondary N) is 1. The number of fused-ring (bicyclic) bond motifs is 1. The quantitative estimate of drug-likeness (QED) is 0.430. The number of aliphatic hydroxyl groups excluding tert-OH is 3. The topological polar surface area (TPSA) is 158 Å². The van der Waals surface area contributed by atoms with Crippen molar-refractivity contribution < 1.29 is 15.3 Å². The van der Waals surface area contributed by atoms with E-state index in [0.29, 0.717) is 0 Å². The van der Waals surface area contributed by atoms with E-state index in [1.165, 1.54) is 6.92 Å². The molecule has 19 heavy (non-hydrogen) atoms. The van der Waals surface area contributed by atoms with Gasteiger partial charge in [-0.25, -0.2) is 9.97 Å². The molecule has 9 nitrogen and oxygen atoms in total. The predicted molar refractivity (Wildman–Crippen MR) is 65.0 cm³/mol. The van der Waals surface area contributed by atoms with Gasteiger partial charge in [0.15, 0.2) is 11.2 Å². The molecule has 0 bridgehead atoms. The average Bonchev–Trinajstić information content (AvgIpc) is 2.36. The van der Waals surface area contributed by atoms with E-state index in [-0.39, 0.29) is 22.8 Å². The van der Waals surface area contributed by atoms with Crippen LogP contribution in [-0.4, -0.2) is 47.5 Å². The van der Waals surface area contributed by atoms with Gasteiger partial charge in [-0.05, 0) is 6.92 Å². The molecule has 0 aromatic carbocycles. The van der Waals surface area contributed by atoms with Crippen LogP contribution in [0, 0.1) is 0 Å². The second-order valence-electron chi connectivity index (χ2n) is 4.09. The molecule has 0 aliphatic carbocycles. The van der Waals surface area contributed by atoms with Crippen molar-refractivity contribution >= 4 is 17.1 Å². The highest BCUT2D eigenvalue weighted by Gasteiger charge is 2.25. The number of hydrogen-bond donors (Lipinski definition) is 5. The molecule has 2 aromatic heterocycles. The van der Waals surface area contributed by atoms with Crippen molar-refractivity contribution in [2.45, 2.75) is 25.2 Å². The Labute approximate surface area is 106 Å². The number of nitrogens with zero attached hydrogens (tertiary/aromatic N) is 3. The summed E-state index contributed by atoms with van der Waals surface area (Å²) in [4.78, 5) is 25.3. The average molecular weight is 267 g/mol. The van der Waals surface area contributed by atoms with E-state index in [1.807, 2.05) is 0 Å². The first-order chi connectivity index (χ1) is 8.90. The van der Waals surface area contributed by atoms with Crippen molar-refractivity contribution in [3.8, 4) is 0 Å². The van der Waals surface area contributed by atoms with Crippen LogP contribution in [0.1, 0.15) is 18.7 Å². The SMILES string of the molecule is C[C@H](O)[C@@H](O)[C@@H](O)c1cnc2nc(N)[nH]c(=O)c2n1. The van der Waals surface area contributed by atoms with Gasteiger partial charge in [0.1, 0.15) is 12.2 Å². The fraction of sp³-hybridized carbons (Fsp3) is 0.400. The molecular weight excluding hydrogens is 254 g/mol. The number of nitrogens with two attached hydrogens (primary N) is 1. The Hall–Kier alpha value is -2.10. The summed E-state index contributed by atoms with van der Waals surface area (Å²) in [5, 5.41) is 28.5. The molecule has 3 atom stereocenters. The highest BCUT2D eigenvalue weighted by atomic mass is 16.4. The molecule has 6 N–H and O–H groups in total. The van der Waals surface area contributed by atoms with Crippen LogP contribution in [0.25, 0.3) is 11.2 Å². The number of aromatic amines is 1.